The number of rotatable bonds is 5. The van der Waals surface area contributed by atoms with Crippen molar-refractivity contribution in [2.45, 2.75) is 43.2 Å². The molecule has 0 N–H and O–H groups in total. The van der Waals surface area contributed by atoms with Crippen molar-refractivity contribution in [3.05, 3.63) is 53.3 Å². The summed E-state index contributed by atoms with van der Waals surface area (Å²) in [6, 6.07) is 6.71. The lowest BCUT2D eigenvalue weighted by Crippen LogP contribution is -2.43. The molecule has 1 atom stereocenters. The molecular weight excluding hydrogens is 390 g/mol. The number of sulfonamides is 1. The Labute approximate surface area is 168 Å². The lowest BCUT2D eigenvalue weighted by molar-refractivity contribution is 0.265. The predicted octanol–water partition coefficient (Wildman–Crippen LogP) is 2.03. The Morgan fingerprint density at radius 3 is 2.69 bits per heavy atom. The largest absolute Gasteiger partial charge is 0.330 e. The van der Waals surface area contributed by atoms with Crippen molar-refractivity contribution in [2.75, 3.05) is 13.1 Å². The van der Waals surface area contributed by atoms with Crippen LogP contribution < -0.4 is 5.69 Å². The quantitative estimate of drug-likeness (QED) is 0.638. The number of piperidine rings is 1. The van der Waals surface area contributed by atoms with E-state index in [1.165, 1.54) is 10.5 Å². The highest BCUT2D eigenvalue weighted by atomic mass is 32.2. The zero-order valence-corrected chi connectivity index (χ0v) is 16.8. The lowest BCUT2D eigenvalue weighted by atomic mass is 10.1. The molecule has 0 radical (unpaired) electrons. The summed E-state index contributed by atoms with van der Waals surface area (Å²) in [5.41, 5.74) is 1.39. The summed E-state index contributed by atoms with van der Waals surface area (Å²) in [5, 5.41) is 0. The summed E-state index contributed by atoms with van der Waals surface area (Å²) in [4.78, 5) is 21.9. The van der Waals surface area contributed by atoms with E-state index in [-0.39, 0.29) is 23.2 Å². The van der Waals surface area contributed by atoms with Crippen molar-refractivity contribution >= 4 is 21.2 Å². The first-order chi connectivity index (χ1) is 14.1. The summed E-state index contributed by atoms with van der Waals surface area (Å²) in [5.74, 6) is 0.556. The smallest absolute Gasteiger partial charge is 0.290 e. The first-order valence-electron chi connectivity index (χ1n) is 10.0. The third-order valence-corrected chi connectivity index (χ3v) is 7.71. The molecule has 1 saturated carbocycles. The third kappa shape index (κ3) is 3.28. The molecule has 8 nitrogen and oxygen atoms in total. The highest BCUT2D eigenvalue weighted by Crippen LogP contribution is 2.32. The predicted molar refractivity (Wildman–Crippen MR) is 108 cm³/mol. The zero-order chi connectivity index (χ0) is 20.0. The van der Waals surface area contributed by atoms with Crippen LogP contribution in [0.4, 0.5) is 0 Å². The van der Waals surface area contributed by atoms with Crippen LogP contribution in [-0.2, 0) is 16.6 Å². The van der Waals surface area contributed by atoms with Crippen LogP contribution in [0.1, 0.15) is 31.7 Å². The minimum atomic E-state index is -3.64. The third-order valence-electron chi connectivity index (χ3n) is 5.86. The Bertz CT molecular complexity index is 1200. The van der Waals surface area contributed by atoms with Crippen LogP contribution >= 0.6 is 0 Å². The zero-order valence-electron chi connectivity index (χ0n) is 16.0. The van der Waals surface area contributed by atoms with Gasteiger partial charge in [-0.2, -0.15) is 4.31 Å². The van der Waals surface area contributed by atoms with E-state index in [9.17, 15) is 13.2 Å². The summed E-state index contributed by atoms with van der Waals surface area (Å²) >= 11 is 0. The van der Waals surface area contributed by atoms with Gasteiger partial charge in [0, 0.05) is 38.2 Å². The van der Waals surface area contributed by atoms with Crippen LogP contribution in [0.25, 0.3) is 11.2 Å². The van der Waals surface area contributed by atoms with E-state index < -0.39 is 10.0 Å². The van der Waals surface area contributed by atoms with Crippen molar-refractivity contribution in [1.82, 2.24) is 23.4 Å². The molecule has 1 saturated heterocycles. The fourth-order valence-corrected chi connectivity index (χ4v) is 5.65. The van der Waals surface area contributed by atoms with Crippen molar-refractivity contribution in [1.29, 1.82) is 0 Å². The van der Waals surface area contributed by atoms with Crippen molar-refractivity contribution < 1.29 is 8.42 Å². The molecule has 0 amide bonds. The monoisotopic (exact) mass is 413 g/mol. The van der Waals surface area contributed by atoms with Gasteiger partial charge in [-0.1, -0.05) is 0 Å². The Morgan fingerprint density at radius 1 is 1.10 bits per heavy atom. The van der Waals surface area contributed by atoms with Gasteiger partial charge in [-0.25, -0.2) is 18.2 Å². The first-order valence-corrected chi connectivity index (χ1v) is 11.5. The summed E-state index contributed by atoms with van der Waals surface area (Å²) in [7, 11) is -3.64. The summed E-state index contributed by atoms with van der Waals surface area (Å²) < 4.78 is 31.1. The molecule has 0 bridgehead atoms. The van der Waals surface area contributed by atoms with E-state index in [0.29, 0.717) is 31.1 Å². The van der Waals surface area contributed by atoms with E-state index in [2.05, 4.69) is 9.97 Å². The van der Waals surface area contributed by atoms with Crippen molar-refractivity contribution in [2.24, 2.45) is 5.92 Å². The number of hydrogen-bond donors (Lipinski definition) is 0. The molecule has 0 unspecified atom stereocenters. The first kappa shape index (κ1) is 18.5. The highest BCUT2D eigenvalue weighted by Gasteiger charge is 2.34. The average molecular weight is 414 g/mol. The van der Waals surface area contributed by atoms with Gasteiger partial charge in [0.15, 0.2) is 5.65 Å². The van der Waals surface area contributed by atoms with Gasteiger partial charge in [-0.3, -0.25) is 14.1 Å². The molecule has 2 aliphatic rings. The molecule has 5 rings (SSSR count). The molecule has 0 spiro atoms. The molecule has 3 aromatic heterocycles. The molecule has 4 heterocycles. The van der Waals surface area contributed by atoms with Crippen molar-refractivity contribution in [3.8, 4) is 0 Å². The van der Waals surface area contributed by atoms with Gasteiger partial charge in [0.25, 0.3) is 0 Å². The van der Waals surface area contributed by atoms with Crippen LogP contribution in [0.5, 0.6) is 0 Å². The topological polar surface area (TPSA) is 90.1 Å². The van der Waals surface area contributed by atoms with Crippen LogP contribution in [0, 0.1) is 5.92 Å². The van der Waals surface area contributed by atoms with Gasteiger partial charge in [0.1, 0.15) is 4.90 Å². The van der Waals surface area contributed by atoms with E-state index >= 15 is 0 Å². The SMILES string of the molecule is O=c1n(CC2CC2)c2cccnc2n1[C@H]1CCCN(S(=O)(=O)c2cccnc2)C1. The number of pyridine rings is 2. The minimum absolute atomic E-state index is 0.0868. The molecular formula is C20H23N5O3S. The van der Waals surface area contributed by atoms with Gasteiger partial charge in [-0.05, 0) is 55.9 Å². The van der Waals surface area contributed by atoms with Crippen molar-refractivity contribution in [3.63, 3.8) is 0 Å². The van der Waals surface area contributed by atoms with Crippen LogP contribution in [-0.4, -0.2) is 44.9 Å². The summed E-state index contributed by atoms with van der Waals surface area (Å²) in [6.45, 7) is 1.41. The fraction of sp³-hybridized carbons (Fsp3) is 0.450. The van der Waals surface area contributed by atoms with E-state index in [1.807, 2.05) is 16.7 Å². The molecule has 1 aliphatic carbocycles. The molecule has 3 aromatic rings. The molecule has 29 heavy (non-hydrogen) atoms. The van der Waals surface area contributed by atoms with Gasteiger partial charge in [-0.15, -0.1) is 0 Å². The Hall–Kier alpha value is -2.52. The maximum absolute atomic E-state index is 13.3. The Balaban J connectivity index is 1.52. The van der Waals surface area contributed by atoms with E-state index in [4.69, 9.17) is 0 Å². The number of imidazole rings is 1. The maximum Gasteiger partial charge on any atom is 0.330 e. The van der Waals surface area contributed by atoms with E-state index in [1.54, 1.807) is 29.1 Å². The second-order valence-electron chi connectivity index (χ2n) is 7.90. The van der Waals surface area contributed by atoms with Crippen LogP contribution in [0.3, 0.4) is 0 Å². The number of fused-ring (bicyclic) bond motifs is 1. The molecule has 2 fully saturated rings. The van der Waals surface area contributed by atoms with Crippen LogP contribution in [0.2, 0.25) is 0 Å². The van der Waals surface area contributed by atoms with Gasteiger partial charge in [0.2, 0.25) is 10.0 Å². The highest BCUT2D eigenvalue weighted by molar-refractivity contribution is 7.89. The molecule has 0 aromatic carbocycles. The van der Waals surface area contributed by atoms with Crippen LogP contribution in [0.15, 0.2) is 52.5 Å². The number of aromatic nitrogens is 4. The standard InChI is InChI=1S/C20H23N5O3S/c26-20-24(13-15-7-8-15)18-6-2-10-22-19(18)25(20)16-4-3-11-23(14-16)29(27,28)17-5-1-9-21-12-17/h1-2,5-6,9-10,12,15-16H,3-4,7-8,11,13-14H2/t16-/m0/s1. The van der Waals surface area contributed by atoms with Gasteiger partial charge >= 0.3 is 5.69 Å². The fourth-order valence-electron chi connectivity index (χ4n) is 4.17. The Morgan fingerprint density at radius 2 is 1.93 bits per heavy atom. The minimum Gasteiger partial charge on any atom is -0.290 e. The molecule has 1 aliphatic heterocycles. The lowest BCUT2D eigenvalue weighted by Gasteiger charge is -2.32. The van der Waals surface area contributed by atoms with Gasteiger partial charge in [0.05, 0.1) is 11.6 Å². The second-order valence-corrected chi connectivity index (χ2v) is 9.84. The van der Waals surface area contributed by atoms with Gasteiger partial charge < -0.3 is 0 Å². The second kappa shape index (κ2) is 7.07. The molecule has 9 heteroatoms. The van der Waals surface area contributed by atoms with E-state index in [0.717, 1.165) is 24.8 Å². The number of hydrogen-bond acceptors (Lipinski definition) is 5. The Kier molecular flexibility index (Phi) is 4.51. The summed E-state index contributed by atoms with van der Waals surface area (Å²) in [6.07, 6.45) is 8.36. The molecule has 152 valence electrons. The normalized spacial score (nSPS) is 20.9. The number of nitrogens with zero attached hydrogens (tertiary/aromatic N) is 5. The average Bonchev–Trinajstić information content (AvgIpc) is 3.53. The maximum atomic E-state index is 13.3.